The maximum absolute atomic E-state index is 12.2. The molecule has 2 aromatic rings. The van der Waals surface area contributed by atoms with Crippen LogP contribution in [0.15, 0.2) is 23.4 Å². The first-order valence-electron chi connectivity index (χ1n) is 7.33. The Morgan fingerprint density at radius 1 is 1.33 bits per heavy atom. The number of methoxy groups -OCH3 is 1. The summed E-state index contributed by atoms with van der Waals surface area (Å²) in [6.45, 7) is 5.24. The van der Waals surface area contributed by atoms with Crippen LogP contribution in [0.3, 0.4) is 0 Å². The van der Waals surface area contributed by atoms with Gasteiger partial charge in [-0.25, -0.2) is 4.98 Å². The maximum atomic E-state index is 12.2. The van der Waals surface area contributed by atoms with Gasteiger partial charge in [-0.15, -0.1) is 0 Å². The minimum Gasteiger partial charge on any atom is -0.383 e. The normalized spacial score (nSPS) is 10.9. The summed E-state index contributed by atoms with van der Waals surface area (Å²) in [5.74, 6) is 0.0244. The number of thioether (sulfide) groups is 1. The number of para-hydroxylation sites is 1. The molecule has 0 bridgehead atoms. The van der Waals surface area contributed by atoms with Crippen LogP contribution in [0, 0.1) is 13.8 Å². The number of amides is 1. The quantitative estimate of drug-likeness (QED) is 0.723. The number of carbonyl (C=O) groups is 1. The van der Waals surface area contributed by atoms with Crippen molar-refractivity contribution in [1.29, 1.82) is 0 Å². The summed E-state index contributed by atoms with van der Waals surface area (Å²) < 4.78 is 7.18. The van der Waals surface area contributed by atoms with Crippen molar-refractivity contribution >= 4 is 46.6 Å². The van der Waals surface area contributed by atoms with Crippen LogP contribution in [-0.4, -0.2) is 34.9 Å². The molecule has 0 atom stereocenters. The summed E-state index contributed by atoms with van der Waals surface area (Å²) in [4.78, 5) is 16.7. The SMILES string of the molecule is COCCn1c(SCC(=O)Nc2c(Cl)cccc2Cl)nc(C)c1C. The van der Waals surface area contributed by atoms with E-state index < -0.39 is 0 Å². The van der Waals surface area contributed by atoms with E-state index in [2.05, 4.69) is 14.9 Å². The van der Waals surface area contributed by atoms with E-state index in [0.29, 0.717) is 28.9 Å². The molecule has 1 amide bonds. The number of nitrogens with one attached hydrogen (secondary N) is 1. The van der Waals surface area contributed by atoms with Crippen LogP contribution >= 0.6 is 35.0 Å². The van der Waals surface area contributed by atoms with Gasteiger partial charge in [-0.05, 0) is 26.0 Å². The van der Waals surface area contributed by atoms with Gasteiger partial charge in [-0.1, -0.05) is 41.0 Å². The van der Waals surface area contributed by atoms with E-state index in [1.165, 1.54) is 11.8 Å². The number of halogens is 2. The molecule has 1 heterocycles. The third-order valence-corrected chi connectivity index (χ3v) is 5.11. The minimum atomic E-state index is -0.188. The zero-order valence-electron chi connectivity index (χ0n) is 13.7. The average Bonchev–Trinajstić information content (AvgIpc) is 2.81. The summed E-state index contributed by atoms with van der Waals surface area (Å²) in [6.07, 6.45) is 0. The number of hydrogen-bond acceptors (Lipinski definition) is 4. The summed E-state index contributed by atoms with van der Waals surface area (Å²) >= 11 is 13.5. The van der Waals surface area contributed by atoms with E-state index in [4.69, 9.17) is 27.9 Å². The Labute approximate surface area is 155 Å². The average molecular weight is 388 g/mol. The Kier molecular flexibility index (Phi) is 6.98. The predicted molar refractivity (Wildman–Crippen MR) is 99.4 cm³/mol. The molecule has 1 N–H and O–H groups in total. The molecule has 24 heavy (non-hydrogen) atoms. The lowest BCUT2D eigenvalue weighted by molar-refractivity contribution is -0.113. The van der Waals surface area contributed by atoms with E-state index in [1.807, 2.05) is 13.8 Å². The molecule has 130 valence electrons. The highest BCUT2D eigenvalue weighted by Gasteiger charge is 2.14. The van der Waals surface area contributed by atoms with Gasteiger partial charge in [0.05, 0.1) is 33.8 Å². The molecule has 0 aliphatic carbocycles. The van der Waals surface area contributed by atoms with Gasteiger partial charge in [0, 0.05) is 19.3 Å². The summed E-state index contributed by atoms with van der Waals surface area (Å²) in [6, 6.07) is 5.09. The van der Waals surface area contributed by atoms with E-state index in [-0.39, 0.29) is 11.7 Å². The van der Waals surface area contributed by atoms with Crippen molar-refractivity contribution in [3.63, 3.8) is 0 Å². The lowest BCUT2D eigenvalue weighted by Crippen LogP contribution is -2.15. The highest BCUT2D eigenvalue weighted by Crippen LogP contribution is 2.30. The van der Waals surface area contributed by atoms with Gasteiger partial charge in [0.25, 0.3) is 0 Å². The number of carbonyl (C=O) groups excluding carboxylic acids is 1. The van der Waals surface area contributed by atoms with Crippen molar-refractivity contribution in [1.82, 2.24) is 9.55 Å². The van der Waals surface area contributed by atoms with E-state index in [9.17, 15) is 4.79 Å². The zero-order chi connectivity index (χ0) is 17.7. The second-order valence-corrected chi connectivity index (χ2v) is 6.90. The lowest BCUT2D eigenvalue weighted by Gasteiger charge is -2.10. The molecular weight excluding hydrogens is 369 g/mol. The standard InChI is InChI=1S/C16H19Cl2N3O2S/c1-10-11(2)21(7-8-23-3)16(19-10)24-9-14(22)20-15-12(17)5-4-6-13(15)18/h4-6H,7-9H2,1-3H3,(H,20,22). The van der Waals surface area contributed by atoms with Crippen molar-refractivity contribution in [2.24, 2.45) is 0 Å². The van der Waals surface area contributed by atoms with Crippen LogP contribution in [0.5, 0.6) is 0 Å². The number of rotatable bonds is 7. The molecule has 1 aromatic carbocycles. The van der Waals surface area contributed by atoms with Crippen LogP contribution in [0.25, 0.3) is 0 Å². The Bertz CT molecular complexity index is 714. The van der Waals surface area contributed by atoms with Crippen LogP contribution in [0.2, 0.25) is 10.0 Å². The number of hydrogen-bond donors (Lipinski definition) is 1. The number of aryl methyl sites for hydroxylation is 1. The van der Waals surface area contributed by atoms with Gasteiger partial charge in [-0.2, -0.15) is 0 Å². The molecule has 0 unspecified atom stereocenters. The Morgan fingerprint density at radius 3 is 2.62 bits per heavy atom. The molecule has 0 radical (unpaired) electrons. The summed E-state index contributed by atoms with van der Waals surface area (Å²) in [7, 11) is 1.66. The van der Waals surface area contributed by atoms with Crippen molar-refractivity contribution in [2.75, 3.05) is 24.8 Å². The fraction of sp³-hybridized carbons (Fsp3) is 0.375. The fourth-order valence-electron chi connectivity index (χ4n) is 2.10. The summed E-state index contributed by atoms with van der Waals surface area (Å²) in [5, 5.41) is 4.36. The minimum absolute atomic E-state index is 0.188. The monoisotopic (exact) mass is 387 g/mol. The topological polar surface area (TPSA) is 56.1 Å². The van der Waals surface area contributed by atoms with Crippen LogP contribution in [0.4, 0.5) is 5.69 Å². The molecule has 0 spiro atoms. The molecule has 0 saturated carbocycles. The second-order valence-electron chi connectivity index (χ2n) is 5.14. The van der Waals surface area contributed by atoms with E-state index >= 15 is 0 Å². The third kappa shape index (κ3) is 4.66. The van der Waals surface area contributed by atoms with Crippen molar-refractivity contribution in [2.45, 2.75) is 25.5 Å². The molecule has 2 rings (SSSR count). The molecule has 0 aliphatic heterocycles. The van der Waals surface area contributed by atoms with Gasteiger partial charge in [0.15, 0.2) is 5.16 Å². The first-order chi connectivity index (χ1) is 11.4. The number of aromatic nitrogens is 2. The van der Waals surface area contributed by atoms with Gasteiger partial charge >= 0.3 is 0 Å². The van der Waals surface area contributed by atoms with E-state index in [1.54, 1.807) is 25.3 Å². The van der Waals surface area contributed by atoms with Crippen molar-refractivity contribution < 1.29 is 9.53 Å². The third-order valence-electron chi connectivity index (χ3n) is 3.50. The Hall–Kier alpha value is -1.21. The molecule has 5 nitrogen and oxygen atoms in total. The molecule has 8 heteroatoms. The predicted octanol–water partition coefficient (Wildman–Crippen LogP) is 4.18. The molecule has 0 aliphatic rings. The zero-order valence-corrected chi connectivity index (χ0v) is 16.1. The molecule has 0 saturated heterocycles. The van der Waals surface area contributed by atoms with Crippen LogP contribution in [0.1, 0.15) is 11.4 Å². The Morgan fingerprint density at radius 2 is 2.00 bits per heavy atom. The molecule has 0 fully saturated rings. The lowest BCUT2D eigenvalue weighted by atomic mass is 10.3. The molecule has 1 aromatic heterocycles. The smallest absolute Gasteiger partial charge is 0.234 e. The number of anilines is 1. The van der Waals surface area contributed by atoms with Crippen molar-refractivity contribution in [3.05, 3.63) is 39.6 Å². The van der Waals surface area contributed by atoms with Gasteiger partial charge in [0.2, 0.25) is 5.91 Å². The first-order valence-corrected chi connectivity index (χ1v) is 9.07. The largest absolute Gasteiger partial charge is 0.383 e. The Balaban J connectivity index is 2.03. The highest BCUT2D eigenvalue weighted by atomic mass is 35.5. The molecular formula is C16H19Cl2N3O2S. The van der Waals surface area contributed by atoms with E-state index in [0.717, 1.165) is 16.5 Å². The van der Waals surface area contributed by atoms with Crippen LogP contribution in [-0.2, 0) is 16.1 Å². The fourth-order valence-corrected chi connectivity index (χ4v) is 3.51. The number of nitrogens with zero attached hydrogens (tertiary/aromatic N) is 2. The van der Waals surface area contributed by atoms with Gasteiger partial charge in [-0.3, -0.25) is 4.79 Å². The van der Waals surface area contributed by atoms with Crippen molar-refractivity contribution in [3.8, 4) is 0 Å². The number of ether oxygens (including phenoxy) is 1. The number of benzene rings is 1. The summed E-state index contributed by atoms with van der Waals surface area (Å²) in [5.41, 5.74) is 2.45. The van der Waals surface area contributed by atoms with Crippen LogP contribution < -0.4 is 5.32 Å². The first kappa shape index (κ1) is 19.1. The highest BCUT2D eigenvalue weighted by molar-refractivity contribution is 7.99. The van der Waals surface area contributed by atoms with Gasteiger partial charge in [0.1, 0.15) is 0 Å². The van der Waals surface area contributed by atoms with Gasteiger partial charge < -0.3 is 14.6 Å². The maximum Gasteiger partial charge on any atom is 0.234 e. The second kappa shape index (κ2) is 8.76. The number of imidazole rings is 1.